The number of nitrogens with one attached hydrogen (secondary N) is 1. The maximum atomic E-state index is 10.9. The first-order chi connectivity index (χ1) is 8.60. The SMILES string of the molecule is CCOC1CC(Nc2ccc(O)cc2[N+](=O)[O-])C1. The Morgan fingerprint density at radius 2 is 2.28 bits per heavy atom. The van der Waals surface area contributed by atoms with E-state index in [4.69, 9.17) is 4.74 Å². The lowest BCUT2D eigenvalue weighted by Crippen LogP contribution is -2.40. The molecule has 1 aromatic carbocycles. The van der Waals surface area contributed by atoms with Crippen LogP contribution in [-0.4, -0.2) is 28.8 Å². The van der Waals surface area contributed by atoms with Gasteiger partial charge in [0.05, 0.1) is 17.1 Å². The zero-order valence-corrected chi connectivity index (χ0v) is 10.1. The number of anilines is 1. The van der Waals surface area contributed by atoms with Crippen molar-refractivity contribution in [3.8, 4) is 5.75 Å². The summed E-state index contributed by atoms with van der Waals surface area (Å²) in [5.41, 5.74) is 0.340. The van der Waals surface area contributed by atoms with Crippen LogP contribution < -0.4 is 5.32 Å². The summed E-state index contributed by atoms with van der Waals surface area (Å²) in [4.78, 5) is 10.4. The second kappa shape index (κ2) is 5.22. The van der Waals surface area contributed by atoms with Crippen molar-refractivity contribution in [2.45, 2.75) is 31.9 Å². The average Bonchev–Trinajstić information content (AvgIpc) is 2.28. The standard InChI is InChI=1S/C12H16N2O4/c1-2-18-10-5-8(6-10)13-11-4-3-9(15)7-12(11)14(16)17/h3-4,7-8,10,13,15H,2,5-6H2,1H3. The van der Waals surface area contributed by atoms with Gasteiger partial charge in [-0.1, -0.05) is 0 Å². The van der Waals surface area contributed by atoms with Crippen LogP contribution in [0.3, 0.4) is 0 Å². The molecule has 1 aliphatic carbocycles. The Bertz CT molecular complexity index is 444. The number of nitro groups is 1. The molecule has 0 atom stereocenters. The van der Waals surface area contributed by atoms with E-state index in [0.717, 1.165) is 18.9 Å². The number of phenols is 1. The number of benzene rings is 1. The molecule has 0 spiro atoms. The number of hydrogen-bond acceptors (Lipinski definition) is 5. The van der Waals surface area contributed by atoms with Crippen LogP contribution in [-0.2, 0) is 4.74 Å². The van der Waals surface area contributed by atoms with Crippen LogP contribution in [0.2, 0.25) is 0 Å². The Morgan fingerprint density at radius 1 is 1.56 bits per heavy atom. The monoisotopic (exact) mass is 252 g/mol. The molecule has 1 fully saturated rings. The molecule has 0 saturated heterocycles. The molecule has 1 aromatic rings. The van der Waals surface area contributed by atoms with Crippen LogP contribution in [0.15, 0.2) is 18.2 Å². The van der Waals surface area contributed by atoms with Crippen LogP contribution in [0.25, 0.3) is 0 Å². The Labute approximate surface area is 105 Å². The maximum Gasteiger partial charge on any atom is 0.296 e. The van der Waals surface area contributed by atoms with Gasteiger partial charge in [-0.05, 0) is 31.9 Å². The zero-order valence-electron chi connectivity index (χ0n) is 10.1. The third kappa shape index (κ3) is 2.70. The second-order valence-electron chi connectivity index (χ2n) is 4.35. The van der Waals surface area contributed by atoms with Crippen molar-refractivity contribution in [3.63, 3.8) is 0 Å². The summed E-state index contributed by atoms with van der Waals surface area (Å²) in [6.07, 6.45) is 1.96. The summed E-state index contributed by atoms with van der Waals surface area (Å²) in [6.45, 7) is 2.64. The van der Waals surface area contributed by atoms with Crippen molar-refractivity contribution >= 4 is 11.4 Å². The fourth-order valence-electron chi connectivity index (χ4n) is 2.07. The Hall–Kier alpha value is -1.82. The number of aromatic hydroxyl groups is 1. The van der Waals surface area contributed by atoms with Gasteiger partial charge in [-0.25, -0.2) is 0 Å². The molecule has 18 heavy (non-hydrogen) atoms. The fraction of sp³-hybridized carbons (Fsp3) is 0.500. The summed E-state index contributed by atoms with van der Waals surface area (Å²) < 4.78 is 5.43. The molecule has 2 N–H and O–H groups in total. The number of phenolic OH excluding ortho intramolecular Hbond substituents is 1. The molecule has 6 heteroatoms. The molecule has 0 aliphatic heterocycles. The van der Waals surface area contributed by atoms with E-state index in [1.165, 1.54) is 12.1 Å². The van der Waals surface area contributed by atoms with Gasteiger partial charge in [0, 0.05) is 12.6 Å². The van der Waals surface area contributed by atoms with Gasteiger partial charge < -0.3 is 15.2 Å². The largest absolute Gasteiger partial charge is 0.508 e. The molecule has 0 heterocycles. The predicted octanol–water partition coefficient (Wildman–Crippen LogP) is 2.28. The topological polar surface area (TPSA) is 84.6 Å². The lowest BCUT2D eigenvalue weighted by Gasteiger charge is -2.35. The minimum atomic E-state index is -0.499. The van der Waals surface area contributed by atoms with E-state index < -0.39 is 4.92 Å². The molecule has 2 rings (SSSR count). The highest BCUT2D eigenvalue weighted by atomic mass is 16.6. The van der Waals surface area contributed by atoms with Crippen LogP contribution in [0.4, 0.5) is 11.4 Å². The lowest BCUT2D eigenvalue weighted by atomic mass is 9.89. The van der Waals surface area contributed by atoms with Gasteiger partial charge in [-0.3, -0.25) is 10.1 Å². The van der Waals surface area contributed by atoms with Crippen LogP contribution in [0.1, 0.15) is 19.8 Å². The molecule has 0 aromatic heterocycles. The van der Waals surface area contributed by atoms with Crippen LogP contribution >= 0.6 is 0 Å². The van der Waals surface area contributed by atoms with E-state index in [0.29, 0.717) is 12.3 Å². The highest BCUT2D eigenvalue weighted by Crippen LogP contribution is 2.33. The third-order valence-corrected chi connectivity index (χ3v) is 3.03. The van der Waals surface area contributed by atoms with Crippen molar-refractivity contribution in [3.05, 3.63) is 28.3 Å². The highest BCUT2D eigenvalue weighted by molar-refractivity contribution is 5.64. The van der Waals surface area contributed by atoms with Gasteiger partial charge >= 0.3 is 0 Å². The first-order valence-corrected chi connectivity index (χ1v) is 5.95. The van der Waals surface area contributed by atoms with Gasteiger partial charge in [0.2, 0.25) is 0 Å². The van der Waals surface area contributed by atoms with Crippen LogP contribution in [0, 0.1) is 10.1 Å². The number of rotatable bonds is 5. The summed E-state index contributed by atoms with van der Waals surface area (Å²) in [7, 11) is 0. The lowest BCUT2D eigenvalue weighted by molar-refractivity contribution is -0.384. The Balaban J connectivity index is 2.00. The maximum absolute atomic E-state index is 10.9. The molecular formula is C12H16N2O4. The van der Waals surface area contributed by atoms with E-state index >= 15 is 0 Å². The number of nitro benzene ring substituents is 1. The summed E-state index contributed by atoms with van der Waals surface area (Å²) >= 11 is 0. The van der Waals surface area contributed by atoms with Gasteiger partial charge in [0.1, 0.15) is 11.4 Å². The molecule has 1 saturated carbocycles. The van der Waals surface area contributed by atoms with Crippen molar-refractivity contribution < 1.29 is 14.8 Å². The highest BCUT2D eigenvalue weighted by Gasteiger charge is 2.30. The van der Waals surface area contributed by atoms with Crippen molar-refractivity contribution in [1.82, 2.24) is 0 Å². The molecule has 6 nitrogen and oxygen atoms in total. The van der Waals surface area contributed by atoms with Gasteiger partial charge in [0.25, 0.3) is 5.69 Å². The van der Waals surface area contributed by atoms with E-state index in [9.17, 15) is 15.2 Å². The number of hydrogen-bond donors (Lipinski definition) is 2. The molecule has 0 unspecified atom stereocenters. The Morgan fingerprint density at radius 3 is 2.89 bits per heavy atom. The Kier molecular flexibility index (Phi) is 3.66. The van der Waals surface area contributed by atoms with Crippen LogP contribution in [0.5, 0.6) is 5.75 Å². The van der Waals surface area contributed by atoms with Crippen molar-refractivity contribution in [1.29, 1.82) is 0 Å². The molecule has 0 bridgehead atoms. The minimum Gasteiger partial charge on any atom is -0.508 e. The molecule has 0 amide bonds. The van der Waals surface area contributed by atoms with E-state index in [1.807, 2.05) is 6.92 Å². The van der Waals surface area contributed by atoms with Gasteiger partial charge in [-0.2, -0.15) is 0 Å². The normalized spacial score (nSPS) is 22.3. The first kappa shape index (κ1) is 12.6. The summed E-state index contributed by atoms with van der Waals surface area (Å²) in [6, 6.07) is 4.32. The van der Waals surface area contributed by atoms with Gasteiger partial charge in [-0.15, -0.1) is 0 Å². The third-order valence-electron chi connectivity index (χ3n) is 3.03. The molecule has 98 valence electrons. The summed E-state index contributed by atoms with van der Waals surface area (Å²) in [5.74, 6) is -0.104. The van der Waals surface area contributed by atoms with Crippen molar-refractivity contribution in [2.75, 3.05) is 11.9 Å². The number of ether oxygens (including phenoxy) is 1. The summed E-state index contributed by atoms with van der Waals surface area (Å²) in [5, 5.41) is 23.2. The number of nitrogens with zero attached hydrogens (tertiary/aromatic N) is 1. The quantitative estimate of drug-likeness (QED) is 0.477. The predicted molar refractivity (Wildman–Crippen MR) is 66.8 cm³/mol. The zero-order chi connectivity index (χ0) is 13.1. The van der Waals surface area contributed by atoms with Crippen molar-refractivity contribution in [2.24, 2.45) is 0 Å². The minimum absolute atomic E-state index is 0.102. The van der Waals surface area contributed by atoms with Gasteiger partial charge in [0.15, 0.2) is 0 Å². The molecule has 0 radical (unpaired) electrons. The second-order valence-corrected chi connectivity index (χ2v) is 4.35. The molecule has 1 aliphatic rings. The van der Waals surface area contributed by atoms with E-state index in [-0.39, 0.29) is 23.6 Å². The van der Waals surface area contributed by atoms with E-state index in [1.54, 1.807) is 0 Å². The van der Waals surface area contributed by atoms with E-state index in [2.05, 4.69) is 5.32 Å². The smallest absolute Gasteiger partial charge is 0.296 e. The molecular weight excluding hydrogens is 236 g/mol. The first-order valence-electron chi connectivity index (χ1n) is 5.95. The average molecular weight is 252 g/mol. The fourth-order valence-corrected chi connectivity index (χ4v) is 2.07.